The van der Waals surface area contributed by atoms with Crippen molar-refractivity contribution in [1.29, 1.82) is 0 Å². The van der Waals surface area contributed by atoms with Crippen molar-refractivity contribution in [3.63, 3.8) is 0 Å². The molecule has 1 heterocycles. The molecule has 9 heteroatoms. The van der Waals surface area contributed by atoms with Gasteiger partial charge in [-0.25, -0.2) is 12.8 Å². The van der Waals surface area contributed by atoms with Crippen LogP contribution in [0.25, 0.3) is 0 Å². The Morgan fingerprint density at radius 2 is 1.53 bits per heavy atom. The van der Waals surface area contributed by atoms with Gasteiger partial charge in [0.2, 0.25) is 5.91 Å². The Morgan fingerprint density at radius 3 is 2.07 bits per heavy atom. The van der Waals surface area contributed by atoms with Crippen LogP contribution in [0.1, 0.15) is 30.4 Å². The predicted octanol–water partition coefficient (Wildman–Crippen LogP) is 4.24. The molecule has 0 N–H and O–H groups in total. The van der Waals surface area contributed by atoms with Gasteiger partial charge in [0.25, 0.3) is 0 Å². The minimum Gasteiger partial charge on any atom is -0.343 e. The first-order valence-corrected chi connectivity index (χ1v) is 11.1. The highest BCUT2D eigenvalue weighted by Gasteiger charge is 2.33. The molecule has 0 radical (unpaired) electrons. The zero-order valence-corrected chi connectivity index (χ0v) is 16.8. The van der Waals surface area contributed by atoms with Crippen LogP contribution in [0.4, 0.5) is 17.6 Å². The zero-order chi connectivity index (χ0) is 21.9. The molecule has 0 spiro atoms. The van der Waals surface area contributed by atoms with Crippen molar-refractivity contribution in [3.8, 4) is 0 Å². The number of rotatable bonds is 5. The molecular weight excluding hydrogens is 422 g/mol. The lowest BCUT2D eigenvalue weighted by atomic mass is 10.1. The molecule has 0 bridgehead atoms. The summed E-state index contributed by atoms with van der Waals surface area (Å²) in [5.41, 5.74) is -0.105. The third-order valence-electron chi connectivity index (χ3n) is 5.28. The van der Waals surface area contributed by atoms with E-state index in [1.165, 1.54) is 24.3 Å². The summed E-state index contributed by atoms with van der Waals surface area (Å²) in [7, 11) is -3.60. The monoisotopic (exact) mass is 443 g/mol. The number of amides is 1. The first-order valence-electron chi connectivity index (χ1n) is 9.51. The van der Waals surface area contributed by atoms with Crippen LogP contribution in [0, 0.1) is 5.82 Å². The maximum Gasteiger partial charge on any atom is 0.416 e. The van der Waals surface area contributed by atoms with Gasteiger partial charge in [0.15, 0.2) is 9.84 Å². The number of carbonyl (C=O) groups is 1. The van der Waals surface area contributed by atoms with Crippen molar-refractivity contribution in [3.05, 3.63) is 65.5 Å². The molecule has 1 amide bonds. The van der Waals surface area contributed by atoms with E-state index in [1.54, 1.807) is 4.90 Å². The number of nitrogens with zero attached hydrogens (tertiary/aromatic N) is 1. The molecule has 1 aliphatic rings. The summed E-state index contributed by atoms with van der Waals surface area (Å²) >= 11 is 0. The number of hydrogen-bond donors (Lipinski definition) is 0. The number of piperidine rings is 1. The molecule has 30 heavy (non-hydrogen) atoms. The van der Waals surface area contributed by atoms with Gasteiger partial charge in [-0.3, -0.25) is 4.79 Å². The van der Waals surface area contributed by atoms with E-state index in [9.17, 15) is 30.8 Å². The number of likely N-dealkylation sites (tertiary alicyclic amines) is 1. The van der Waals surface area contributed by atoms with Crippen molar-refractivity contribution >= 4 is 15.7 Å². The van der Waals surface area contributed by atoms with Gasteiger partial charge in [0.05, 0.1) is 15.7 Å². The molecule has 3 rings (SSSR count). The minimum atomic E-state index is -4.40. The first kappa shape index (κ1) is 22.3. The molecule has 0 aliphatic carbocycles. The summed E-state index contributed by atoms with van der Waals surface area (Å²) in [5, 5.41) is -0.637. The number of sulfone groups is 1. The summed E-state index contributed by atoms with van der Waals surface area (Å²) < 4.78 is 76.2. The average Bonchev–Trinajstić information content (AvgIpc) is 2.72. The lowest BCUT2D eigenvalue weighted by molar-refractivity contribution is -0.137. The molecule has 1 fully saturated rings. The van der Waals surface area contributed by atoms with Crippen LogP contribution >= 0.6 is 0 Å². The normalized spacial score (nSPS) is 15.9. The van der Waals surface area contributed by atoms with Crippen molar-refractivity contribution in [2.75, 3.05) is 13.1 Å². The molecule has 4 nitrogen and oxygen atoms in total. The molecule has 2 aromatic rings. The van der Waals surface area contributed by atoms with Crippen molar-refractivity contribution < 1.29 is 30.8 Å². The van der Waals surface area contributed by atoms with E-state index in [2.05, 4.69) is 0 Å². The summed E-state index contributed by atoms with van der Waals surface area (Å²) in [5.74, 6) is -0.671. The highest BCUT2D eigenvalue weighted by atomic mass is 32.2. The van der Waals surface area contributed by atoms with Gasteiger partial charge in [0, 0.05) is 19.5 Å². The molecular formula is C21H21F4NO3S. The molecule has 162 valence electrons. The smallest absolute Gasteiger partial charge is 0.343 e. The van der Waals surface area contributed by atoms with Crippen LogP contribution < -0.4 is 0 Å². The summed E-state index contributed by atoms with van der Waals surface area (Å²) in [6.45, 7) is 0.577. The van der Waals surface area contributed by atoms with Crippen molar-refractivity contribution in [2.24, 2.45) is 0 Å². The second-order valence-corrected chi connectivity index (χ2v) is 9.50. The Morgan fingerprint density at radius 1 is 0.967 bits per heavy atom. The lowest BCUT2D eigenvalue weighted by Gasteiger charge is -2.32. The SMILES string of the molecule is O=C(CCc1ccc(C(F)(F)F)cc1)N1CCC(S(=O)(=O)c2ccc(F)cc2)CC1. The van der Waals surface area contributed by atoms with E-state index in [-0.39, 0.29) is 43.2 Å². The largest absolute Gasteiger partial charge is 0.416 e. The quantitative estimate of drug-likeness (QED) is 0.513. The molecule has 1 aliphatic heterocycles. The van der Waals surface area contributed by atoms with Crippen LogP contribution in [-0.2, 0) is 27.2 Å². The Balaban J connectivity index is 1.52. The molecule has 1 saturated heterocycles. The fourth-order valence-electron chi connectivity index (χ4n) is 3.50. The zero-order valence-electron chi connectivity index (χ0n) is 16.0. The van der Waals surface area contributed by atoms with Gasteiger partial charge in [-0.2, -0.15) is 13.2 Å². The van der Waals surface area contributed by atoms with Gasteiger partial charge in [-0.15, -0.1) is 0 Å². The van der Waals surface area contributed by atoms with Gasteiger partial charge in [-0.1, -0.05) is 12.1 Å². The van der Waals surface area contributed by atoms with Crippen molar-refractivity contribution in [1.82, 2.24) is 4.90 Å². The van der Waals surface area contributed by atoms with Crippen LogP contribution in [0.5, 0.6) is 0 Å². The van der Waals surface area contributed by atoms with E-state index in [4.69, 9.17) is 0 Å². The van der Waals surface area contributed by atoms with Crippen LogP contribution in [0.2, 0.25) is 0 Å². The van der Waals surface area contributed by atoms with Crippen LogP contribution in [0.3, 0.4) is 0 Å². The number of aryl methyl sites for hydroxylation is 1. The molecule has 0 unspecified atom stereocenters. The molecule has 2 aromatic carbocycles. The van der Waals surface area contributed by atoms with E-state index in [0.717, 1.165) is 24.3 Å². The number of hydrogen-bond acceptors (Lipinski definition) is 3. The van der Waals surface area contributed by atoms with Crippen LogP contribution in [-0.4, -0.2) is 37.6 Å². The molecule has 0 saturated carbocycles. The standard InChI is InChI=1S/C21H21F4NO3S/c22-17-6-8-18(9-7-17)30(28,29)19-11-13-26(14-12-19)20(27)10-3-15-1-4-16(5-2-15)21(23,24)25/h1-2,4-9,19H,3,10-14H2. The number of alkyl halides is 3. The summed E-state index contributed by atoms with van der Waals surface area (Å²) in [4.78, 5) is 14.1. The van der Waals surface area contributed by atoms with E-state index >= 15 is 0 Å². The van der Waals surface area contributed by atoms with E-state index in [1.807, 2.05) is 0 Å². The number of halogens is 4. The van der Waals surface area contributed by atoms with Gasteiger partial charge in [-0.05, 0) is 61.2 Å². The lowest BCUT2D eigenvalue weighted by Crippen LogP contribution is -2.42. The first-order chi connectivity index (χ1) is 14.1. The maximum atomic E-state index is 13.0. The van der Waals surface area contributed by atoms with Gasteiger partial charge >= 0.3 is 6.18 Å². The highest BCUT2D eigenvalue weighted by Crippen LogP contribution is 2.29. The molecule has 0 atom stereocenters. The molecule has 0 aromatic heterocycles. The Labute approximate surface area is 172 Å². The number of carbonyl (C=O) groups excluding carboxylic acids is 1. The van der Waals surface area contributed by atoms with Crippen molar-refractivity contribution in [2.45, 2.75) is 42.0 Å². The summed E-state index contributed by atoms with van der Waals surface area (Å²) in [6.07, 6.45) is -3.38. The van der Waals surface area contributed by atoms with Gasteiger partial charge < -0.3 is 4.90 Å². The van der Waals surface area contributed by atoms with E-state index in [0.29, 0.717) is 12.0 Å². The maximum absolute atomic E-state index is 13.0. The van der Waals surface area contributed by atoms with Gasteiger partial charge in [0.1, 0.15) is 5.82 Å². The average molecular weight is 443 g/mol. The summed E-state index contributed by atoms with van der Waals surface area (Å²) in [6, 6.07) is 9.39. The Hall–Kier alpha value is -2.42. The third kappa shape index (κ3) is 5.19. The predicted molar refractivity (Wildman–Crippen MR) is 103 cm³/mol. The number of benzene rings is 2. The third-order valence-corrected chi connectivity index (χ3v) is 7.56. The topological polar surface area (TPSA) is 54.5 Å². The second-order valence-electron chi connectivity index (χ2n) is 7.27. The fraction of sp³-hybridized carbons (Fsp3) is 0.381. The Bertz CT molecular complexity index is 978. The van der Waals surface area contributed by atoms with E-state index < -0.39 is 32.6 Å². The minimum absolute atomic E-state index is 0.0657. The second kappa shape index (κ2) is 8.75. The Kier molecular flexibility index (Phi) is 6.50. The highest BCUT2D eigenvalue weighted by molar-refractivity contribution is 7.92. The fourth-order valence-corrected chi connectivity index (χ4v) is 5.23. The van der Waals surface area contributed by atoms with Crippen LogP contribution in [0.15, 0.2) is 53.4 Å².